The molecule has 0 spiro atoms. The van der Waals surface area contributed by atoms with Crippen molar-refractivity contribution in [1.29, 1.82) is 0 Å². The zero-order valence-electron chi connectivity index (χ0n) is 7.62. The predicted octanol–water partition coefficient (Wildman–Crippen LogP) is 1.20. The van der Waals surface area contributed by atoms with Crippen LogP contribution in [0.3, 0.4) is 0 Å². The molecule has 14 heavy (non-hydrogen) atoms. The number of imidazole rings is 1. The summed E-state index contributed by atoms with van der Waals surface area (Å²) in [5, 5.41) is 0.401. The van der Waals surface area contributed by atoms with Crippen molar-refractivity contribution in [3.63, 3.8) is 0 Å². The van der Waals surface area contributed by atoms with Gasteiger partial charge in [0.15, 0.2) is 10.8 Å². The van der Waals surface area contributed by atoms with Crippen molar-refractivity contribution in [2.75, 3.05) is 13.7 Å². The van der Waals surface area contributed by atoms with Gasteiger partial charge in [0.2, 0.25) is 0 Å². The van der Waals surface area contributed by atoms with Gasteiger partial charge >= 0.3 is 0 Å². The maximum atomic E-state index is 5.92. The number of fused-ring (bicyclic) bond motifs is 1. The largest absolute Gasteiger partial charge is 0.384 e. The molecular formula is C8H9ClN4O. The fourth-order valence-corrected chi connectivity index (χ4v) is 1.38. The third kappa shape index (κ3) is 1.69. The molecule has 1 N–H and O–H groups in total. The molecule has 0 amide bonds. The summed E-state index contributed by atoms with van der Waals surface area (Å²) < 4.78 is 4.93. The van der Waals surface area contributed by atoms with Crippen molar-refractivity contribution in [3.05, 3.63) is 17.3 Å². The molecule has 5 nitrogen and oxygen atoms in total. The maximum Gasteiger partial charge on any atom is 0.182 e. The average Bonchev–Trinajstić information content (AvgIpc) is 2.63. The van der Waals surface area contributed by atoms with Gasteiger partial charge in [-0.3, -0.25) is 0 Å². The first-order chi connectivity index (χ1) is 6.81. The standard InChI is InChI=1S/C8H9ClN4O/c1-14-3-2-5-12-7(9)6-8(13-5)11-4-10-6/h4H,2-3H2,1H3,(H,10,11,12,13). The average molecular weight is 213 g/mol. The number of H-pyrrole nitrogens is 1. The Balaban J connectivity index is 2.38. The van der Waals surface area contributed by atoms with E-state index in [1.165, 1.54) is 0 Å². The van der Waals surface area contributed by atoms with E-state index < -0.39 is 0 Å². The number of halogens is 1. The smallest absolute Gasteiger partial charge is 0.182 e. The van der Waals surface area contributed by atoms with Crippen molar-refractivity contribution < 1.29 is 4.74 Å². The first kappa shape index (κ1) is 9.36. The van der Waals surface area contributed by atoms with Crippen molar-refractivity contribution in [1.82, 2.24) is 19.9 Å². The minimum Gasteiger partial charge on any atom is -0.384 e. The van der Waals surface area contributed by atoms with Gasteiger partial charge in [-0.2, -0.15) is 0 Å². The van der Waals surface area contributed by atoms with Gasteiger partial charge in [0.25, 0.3) is 0 Å². The molecule has 2 rings (SSSR count). The Kier molecular flexibility index (Phi) is 2.60. The van der Waals surface area contributed by atoms with Gasteiger partial charge in [-0.1, -0.05) is 11.6 Å². The second-order valence-corrected chi connectivity index (χ2v) is 3.13. The van der Waals surface area contributed by atoms with Gasteiger partial charge in [0.1, 0.15) is 11.3 Å². The molecule has 0 radical (unpaired) electrons. The van der Waals surface area contributed by atoms with E-state index in [0.29, 0.717) is 35.2 Å². The number of nitrogens with zero attached hydrogens (tertiary/aromatic N) is 3. The van der Waals surface area contributed by atoms with Crippen LogP contribution in [0.25, 0.3) is 11.2 Å². The van der Waals surface area contributed by atoms with Crippen molar-refractivity contribution in [2.45, 2.75) is 6.42 Å². The Morgan fingerprint density at radius 1 is 1.50 bits per heavy atom. The fourth-order valence-electron chi connectivity index (χ4n) is 1.15. The van der Waals surface area contributed by atoms with Crippen LogP contribution in [0.1, 0.15) is 5.82 Å². The molecule has 0 unspecified atom stereocenters. The first-order valence-corrected chi connectivity index (χ1v) is 4.53. The Morgan fingerprint density at radius 3 is 3.14 bits per heavy atom. The van der Waals surface area contributed by atoms with E-state index in [4.69, 9.17) is 16.3 Å². The second-order valence-electron chi connectivity index (χ2n) is 2.77. The normalized spacial score (nSPS) is 11.0. The highest BCUT2D eigenvalue weighted by molar-refractivity contribution is 6.33. The van der Waals surface area contributed by atoms with Gasteiger partial charge in [0.05, 0.1) is 12.9 Å². The number of hydrogen-bond acceptors (Lipinski definition) is 4. The van der Waals surface area contributed by atoms with Crippen LogP contribution in [-0.4, -0.2) is 33.7 Å². The molecule has 0 saturated carbocycles. The van der Waals surface area contributed by atoms with E-state index in [-0.39, 0.29) is 0 Å². The zero-order valence-corrected chi connectivity index (χ0v) is 8.38. The summed E-state index contributed by atoms with van der Waals surface area (Å²) in [6.07, 6.45) is 2.18. The lowest BCUT2D eigenvalue weighted by atomic mass is 10.4. The third-order valence-electron chi connectivity index (χ3n) is 1.82. The van der Waals surface area contributed by atoms with Crippen LogP contribution in [-0.2, 0) is 11.2 Å². The van der Waals surface area contributed by atoms with Gasteiger partial charge < -0.3 is 9.72 Å². The summed E-state index contributed by atoms with van der Waals surface area (Å²) in [6.45, 7) is 0.576. The predicted molar refractivity (Wildman–Crippen MR) is 52.3 cm³/mol. The Morgan fingerprint density at radius 2 is 2.36 bits per heavy atom. The van der Waals surface area contributed by atoms with E-state index in [0.717, 1.165) is 0 Å². The molecule has 0 aliphatic carbocycles. The van der Waals surface area contributed by atoms with Crippen LogP contribution in [0, 0.1) is 0 Å². The Hall–Kier alpha value is -1.20. The molecular weight excluding hydrogens is 204 g/mol. The van der Waals surface area contributed by atoms with Crippen LogP contribution < -0.4 is 0 Å². The lowest BCUT2D eigenvalue weighted by Crippen LogP contribution is -2.01. The summed E-state index contributed by atoms with van der Waals surface area (Å²) in [6, 6.07) is 0. The number of ether oxygens (including phenoxy) is 1. The van der Waals surface area contributed by atoms with Crippen LogP contribution in [0.4, 0.5) is 0 Å². The Bertz CT molecular complexity index is 442. The highest BCUT2D eigenvalue weighted by Crippen LogP contribution is 2.16. The first-order valence-electron chi connectivity index (χ1n) is 4.15. The number of nitrogens with one attached hydrogen (secondary N) is 1. The Labute approximate surface area is 85.5 Å². The van der Waals surface area contributed by atoms with Crippen LogP contribution in [0.5, 0.6) is 0 Å². The molecule has 0 aliphatic heterocycles. The van der Waals surface area contributed by atoms with E-state index in [1.807, 2.05) is 0 Å². The molecule has 0 fully saturated rings. The molecule has 2 aromatic rings. The number of aromatic nitrogens is 4. The van der Waals surface area contributed by atoms with E-state index in [9.17, 15) is 0 Å². The van der Waals surface area contributed by atoms with Gasteiger partial charge in [-0.05, 0) is 0 Å². The number of methoxy groups -OCH3 is 1. The minimum atomic E-state index is 0.401. The summed E-state index contributed by atoms with van der Waals surface area (Å²) in [5.41, 5.74) is 1.27. The quantitative estimate of drug-likeness (QED) is 0.777. The summed E-state index contributed by atoms with van der Waals surface area (Å²) >= 11 is 5.92. The fraction of sp³-hybridized carbons (Fsp3) is 0.375. The van der Waals surface area contributed by atoms with Crippen LogP contribution >= 0.6 is 11.6 Å². The summed E-state index contributed by atoms with van der Waals surface area (Å²) in [4.78, 5) is 15.2. The highest BCUT2D eigenvalue weighted by atomic mass is 35.5. The third-order valence-corrected chi connectivity index (χ3v) is 2.09. The lowest BCUT2D eigenvalue weighted by molar-refractivity contribution is 0.200. The molecule has 0 aliphatic rings. The number of aromatic amines is 1. The van der Waals surface area contributed by atoms with E-state index in [1.54, 1.807) is 13.4 Å². The molecule has 0 bridgehead atoms. The van der Waals surface area contributed by atoms with Crippen LogP contribution in [0.2, 0.25) is 5.15 Å². The molecule has 0 atom stereocenters. The van der Waals surface area contributed by atoms with Crippen LogP contribution in [0.15, 0.2) is 6.33 Å². The van der Waals surface area contributed by atoms with Crippen molar-refractivity contribution in [2.24, 2.45) is 0 Å². The monoisotopic (exact) mass is 212 g/mol. The maximum absolute atomic E-state index is 5.92. The summed E-state index contributed by atoms with van der Waals surface area (Å²) in [5.74, 6) is 0.649. The second kappa shape index (κ2) is 3.89. The van der Waals surface area contributed by atoms with Crippen molar-refractivity contribution >= 4 is 22.8 Å². The van der Waals surface area contributed by atoms with Gasteiger partial charge in [-0.15, -0.1) is 0 Å². The zero-order chi connectivity index (χ0) is 9.97. The topological polar surface area (TPSA) is 63.7 Å². The molecule has 74 valence electrons. The molecule has 6 heteroatoms. The van der Waals surface area contributed by atoms with Gasteiger partial charge in [-0.25, -0.2) is 15.0 Å². The molecule has 2 heterocycles. The molecule has 0 aromatic carbocycles. The van der Waals surface area contributed by atoms with E-state index >= 15 is 0 Å². The SMILES string of the molecule is COCCc1nc(Cl)c2[nH]cnc2n1. The highest BCUT2D eigenvalue weighted by Gasteiger charge is 2.07. The summed E-state index contributed by atoms with van der Waals surface area (Å²) in [7, 11) is 1.63. The minimum absolute atomic E-state index is 0.401. The van der Waals surface area contributed by atoms with Crippen molar-refractivity contribution in [3.8, 4) is 0 Å². The number of rotatable bonds is 3. The molecule has 0 saturated heterocycles. The molecule has 2 aromatic heterocycles. The number of hydrogen-bond donors (Lipinski definition) is 1. The van der Waals surface area contributed by atoms with E-state index in [2.05, 4.69) is 19.9 Å². The lowest BCUT2D eigenvalue weighted by Gasteiger charge is -1.99. The van der Waals surface area contributed by atoms with Gasteiger partial charge in [0, 0.05) is 13.5 Å².